The minimum atomic E-state index is -0.956. The van der Waals surface area contributed by atoms with Crippen LogP contribution in [0.3, 0.4) is 0 Å². The van der Waals surface area contributed by atoms with E-state index in [0.29, 0.717) is 0 Å². The Morgan fingerprint density at radius 2 is 1.79 bits per heavy atom. The van der Waals surface area contributed by atoms with E-state index in [9.17, 15) is 14.4 Å². The first kappa shape index (κ1) is 15.5. The highest BCUT2D eigenvalue weighted by Gasteiger charge is 2.46. The molecular weight excluding hydrogens is 248 g/mol. The van der Waals surface area contributed by atoms with E-state index in [0.717, 1.165) is 6.42 Å². The minimum absolute atomic E-state index is 0.000773. The van der Waals surface area contributed by atoms with E-state index in [1.807, 2.05) is 13.8 Å². The SMILES string of the molecule is CC(C)(CC(=O)O)CC(=O)NC(=O)NC1CC1(C)C. The van der Waals surface area contributed by atoms with Gasteiger partial charge in [-0.15, -0.1) is 0 Å². The van der Waals surface area contributed by atoms with Crippen molar-refractivity contribution in [1.82, 2.24) is 10.6 Å². The second kappa shape index (κ2) is 5.19. The van der Waals surface area contributed by atoms with Gasteiger partial charge in [-0.1, -0.05) is 27.7 Å². The molecule has 0 aromatic carbocycles. The molecule has 0 saturated heterocycles. The van der Waals surface area contributed by atoms with Gasteiger partial charge in [-0.2, -0.15) is 0 Å². The first-order valence-electron chi connectivity index (χ1n) is 6.34. The van der Waals surface area contributed by atoms with E-state index in [-0.39, 0.29) is 24.3 Å². The van der Waals surface area contributed by atoms with Crippen molar-refractivity contribution in [2.24, 2.45) is 10.8 Å². The van der Waals surface area contributed by atoms with Gasteiger partial charge in [0, 0.05) is 12.5 Å². The summed E-state index contributed by atoms with van der Waals surface area (Å²) in [4.78, 5) is 33.8. The van der Waals surface area contributed by atoms with Crippen molar-refractivity contribution in [3.8, 4) is 0 Å². The predicted octanol–water partition coefficient (Wildman–Crippen LogP) is 1.50. The number of carboxylic acid groups (broad SMARTS) is 1. The van der Waals surface area contributed by atoms with E-state index in [1.165, 1.54) is 0 Å². The molecule has 0 aromatic rings. The van der Waals surface area contributed by atoms with Crippen molar-refractivity contribution in [3.63, 3.8) is 0 Å². The van der Waals surface area contributed by atoms with Crippen LogP contribution in [0.1, 0.15) is 47.0 Å². The van der Waals surface area contributed by atoms with Crippen molar-refractivity contribution >= 4 is 17.9 Å². The highest BCUT2D eigenvalue weighted by molar-refractivity contribution is 5.94. The number of carbonyl (C=O) groups excluding carboxylic acids is 2. The first-order valence-corrected chi connectivity index (χ1v) is 6.34. The third-order valence-corrected chi connectivity index (χ3v) is 3.34. The van der Waals surface area contributed by atoms with E-state index >= 15 is 0 Å². The van der Waals surface area contributed by atoms with Crippen LogP contribution in [-0.4, -0.2) is 29.1 Å². The monoisotopic (exact) mass is 270 g/mol. The van der Waals surface area contributed by atoms with Crippen LogP contribution in [-0.2, 0) is 9.59 Å². The zero-order chi connectivity index (χ0) is 14.8. The third-order valence-electron chi connectivity index (χ3n) is 3.34. The maximum Gasteiger partial charge on any atom is 0.321 e. The van der Waals surface area contributed by atoms with E-state index < -0.39 is 23.3 Å². The summed E-state index contributed by atoms with van der Waals surface area (Å²) in [5, 5.41) is 13.7. The van der Waals surface area contributed by atoms with Gasteiger partial charge >= 0.3 is 12.0 Å². The van der Waals surface area contributed by atoms with Crippen molar-refractivity contribution in [2.75, 3.05) is 0 Å². The van der Waals surface area contributed by atoms with E-state index in [1.54, 1.807) is 13.8 Å². The largest absolute Gasteiger partial charge is 0.481 e. The normalized spacial score (nSPS) is 20.5. The molecule has 1 rings (SSSR count). The van der Waals surface area contributed by atoms with Gasteiger partial charge in [0.05, 0.1) is 6.42 Å². The maximum atomic E-state index is 11.6. The van der Waals surface area contributed by atoms with Crippen molar-refractivity contribution in [2.45, 2.75) is 53.0 Å². The Balaban J connectivity index is 2.34. The average molecular weight is 270 g/mol. The Labute approximate surface area is 112 Å². The van der Waals surface area contributed by atoms with Crippen LogP contribution in [0.5, 0.6) is 0 Å². The van der Waals surface area contributed by atoms with E-state index in [4.69, 9.17) is 5.11 Å². The number of nitrogens with one attached hydrogen (secondary N) is 2. The molecule has 0 radical (unpaired) electrons. The summed E-state index contributed by atoms with van der Waals surface area (Å²) in [5.41, 5.74) is -0.571. The molecule has 0 heterocycles. The van der Waals surface area contributed by atoms with Crippen LogP contribution >= 0.6 is 0 Å². The van der Waals surface area contributed by atoms with Crippen LogP contribution in [0.25, 0.3) is 0 Å². The summed E-state index contributed by atoms with van der Waals surface area (Å²) in [6.45, 7) is 7.44. The molecule has 3 amide bonds. The number of aliphatic carboxylic acids is 1. The van der Waals surface area contributed by atoms with Gasteiger partial charge in [0.25, 0.3) is 0 Å². The minimum Gasteiger partial charge on any atom is -0.481 e. The molecule has 3 N–H and O–H groups in total. The predicted molar refractivity (Wildman–Crippen MR) is 69.5 cm³/mol. The first-order chi connectivity index (χ1) is 8.52. The molecule has 19 heavy (non-hydrogen) atoms. The molecule has 6 heteroatoms. The second-order valence-electron chi connectivity index (χ2n) is 6.68. The fourth-order valence-electron chi connectivity index (χ4n) is 1.99. The highest BCUT2D eigenvalue weighted by atomic mass is 16.4. The van der Waals surface area contributed by atoms with Gasteiger partial charge in [-0.3, -0.25) is 14.9 Å². The molecular formula is C13H22N2O4. The Hall–Kier alpha value is -1.59. The third kappa shape index (κ3) is 5.28. The Morgan fingerprint density at radius 1 is 1.26 bits per heavy atom. The van der Waals surface area contributed by atoms with Crippen molar-refractivity contribution < 1.29 is 19.5 Å². The quantitative estimate of drug-likeness (QED) is 0.705. The summed E-state index contributed by atoms with van der Waals surface area (Å²) in [5.74, 6) is -1.41. The molecule has 6 nitrogen and oxygen atoms in total. The topological polar surface area (TPSA) is 95.5 Å². The highest BCUT2D eigenvalue weighted by Crippen LogP contribution is 2.44. The average Bonchev–Trinajstić information content (AvgIpc) is 2.67. The van der Waals surface area contributed by atoms with Crippen molar-refractivity contribution in [1.29, 1.82) is 0 Å². The van der Waals surface area contributed by atoms with Gasteiger partial charge in [0.1, 0.15) is 0 Å². The molecule has 1 aliphatic carbocycles. The molecule has 1 fully saturated rings. The number of carboxylic acids is 1. The Bertz CT molecular complexity index is 401. The van der Waals surface area contributed by atoms with E-state index in [2.05, 4.69) is 10.6 Å². The molecule has 0 spiro atoms. The van der Waals surface area contributed by atoms with Crippen molar-refractivity contribution in [3.05, 3.63) is 0 Å². The summed E-state index contributed by atoms with van der Waals surface area (Å²) in [7, 11) is 0. The van der Waals surface area contributed by atoms with Gasteiger partial charge in [0.2, 0.25) is 5.91 Å². The number of carbonyl (C=O) groups is 3. The molecule has 108 valence electrons. The molecule has 0 bridgehead atoms. The van der Waals surface area contributed by atoms with Crippen LogP contribution in [0, 0.1) is 10.8 Å². The summed E-state index contributed by atoms with van der Waals surface area (Å²) in [6.07, 6.45) is 0.789. The lowest BCUT2D eigenvalue weighted by molar-refractivity contribution is -0.139. The zero-order valence-corrected chi connectivity index (χ0v) is 11.9. The van der Waals surface area contributed by atoms with Crippen LogP contribution < -0.4 is 10.6 Å². The lowest BCUT2D eigenvalue weighted by atomic mass is 9.85. The number of hydrogen-bond acceptors (Lipinski definition) is 3. The number of hydrogen-bond donors (Lipinski definition) is 3. The van der Waals surface area contributed by atoms with Gasteiger partial charge in [-0.25, -0.2) is 4.79 Å². The zero-order valence-electron chi connectivity index (χ0n) is 11.9. The number of imide groups is 1. The lowest BCUT2D eigenvalue weighted by Gasteiger charge is -2.21. The van der Waals surface area contributed by atoms with Gasteiger partial charge in [0.15, 0.2) is 0 Å². The summed E-state index contributed by atoms with van der Waals surface area (Å²) in [6, 6.07) is -0.404. The van der Waals surface area contributed by atoms with Gasteiger partial charge < -0.3 is 10.4 Å². The molecule has 1 saturated carbocycles. The number of urea groups is 1. The standard InChI is InChI=1S/C13H22N2O4/c1-12(2,7-10(17)18)6-9(16)15-11(19)14-8-5-13(8,3)4/h8H,5-7H2,1-4H3,(H,17,18)(H2,14,15,16,19). The number of rotatable bonds is 5. The maximum absolute atomic E-state index is 11.6. The lowest BCUT2D eigenvalue weighted by Crippen LogP contribution is -2.42. The fourth-order valence-corrected chi connectivity index (χ4v) is 1.99. The summed E-state index contributed by atoms with van der Waals surface area (Å²) < 4.78 is 0. The van der Waals surface area contributed by atoms with Crippen LogP contribution in [0.2, 0.25) is 0 Å². The van der Waals surface area contributed by atoms with Crippen LogP contribution in [0.15, 0.2) is 0 Å². The second-order valence-corrected chi connectivity index (χ2v) is 6.68. The molecule has 1 atom stereocenters. The smallest absolute Gasteiger partial charge is 0.321 e. The molecule has 1 aliphatic rings. The van der Waals surface area contributed by atoms with Gasteiger partial charge in [-0.05, 0) is 17.3 Å². The summed E-state index contributed by atoms with van der Waals surface area (Å²) >= 11 is 0. The molecule has 1 unspecified atom stereocenters. The Kier molecular flexibility index (Phi) is 4.22. The fraction of sp³-hybridized carbons (Fsp3) is 0.769. The Morgan fingerprint density at radius 3 is 2.21 bits per heavy atom. The number of amides is 3. The molecule has 0 aliphatic heterocycles. The van der Waals surface area contributed by atoms with Crippen LogP contribution in [0.4, 0.5) is 4.79 Å². The molecule has 0 aromatic heterocycles.